The van der Waals surface area contributed by atoms with E-state index in [1.54, 1.807) is 24.3 Å². The van der Waals surface area contributed by atoms with Crippen molar-refractivity contribution in [3.63, 3.8) is 0 Å². The maximum absolute atomic E-state index is 12.0. The van der Waals surface area contributed by atoms with E-state index in [2.05, 4.69) is 14.9 Å². The van der Waals surface area contributed by atoms with Gasteiger partial charge in [-0.25, -0.2) is 8.42 Å². The second kappa shape index (κ2) is 4.99. The molecule has 0 fully saturated rings. The summed E-state index contributed by atoms with van der Waals surface area (Å²) in [5.41, 5.74) is 6.67. The third-order valence-electron chi connectivity index (χ3n) is 2.41. The van der Waals surface area contributed by atoms with Crippen LogP contribution >= 0.6 is 0 Å². The summed E-state index contributed by atoms with van der Waals surface area (Å²) >= 11 is 0. The molecule has 0 aliphatic rings. The van der Waals surface area contributed by atoms with Crippen LogP contribution in [0.25, 0.3) is 0 Å². The van der Waals surface area contributed by atoms with Gasteiger partial charge < -0.3 is 5.73 Å². The molecule has 2 rings (SSSR count). The van der Waals surface area contributed by atoms with E-state index in [1.807, 2.05) is 6.07 Å². The highest BCUT2D eigenvalue weighted by Gasteiger charge is 2.19. The first-order valence-electron chi connectivity index (χ1n) is 5.30. The molecule has 2 aromatic rings. The molecule has 1 heterocycles. The summed E-state index contributed by atoms with van der Waals surface area (Å²) in [6.45, 7) is 0. The molecular weight excluding hydrogens is 266 g/mol. The third kappa shape index (κ3) is 2.83. The Morgan fingerprint density at radius 2 is 2.05 bits per heavy atom. The van der Waals surface area contributed by atoms with Gasteiger partial charge in [0.05, 0.1) is 18.7 Å². The number of sulfonamides is 1. The molecule has 0 atom stereocenters. The Morgan fingerprint density at radius 1 is 1.37 bits per heavy atom. The van der Waals surface area contributed by atoms with E-state index in [-0.39, 0.29) is 17.1 Å². The summed E-state index contributed by atoms with van der Waals surface area (Å²) in [5, 5.41) is 14.5. The lowest BCUT2D eigenvalue weighted by Crippen LogP contribution is -2.13. The molecule has 8 heteroatoms. The highest BCUT2D eigenvalue weighted by atomic mass is 32.2. The number of nitrogens with zero attached hydrogens (tertiary/aromatic N) is 2. The number of aromatic nitrogens is 2. The van der Waals surface area contributed by atoms with Gasteiger partial charge in [-0.1, -0.05) is 12.1 Å². The zero-order valence-corrected chi connectivity index (χ0v) is 10.6. The summed E-state index contributed by atoms with van der Waals surface area (Å²) in [6.07, 6.45) is 1.42. The molecule has 0 saturated carbocycles. The summed E-state index contributed by atoms with van der Waals surface area (Å²) in [7, 11) is -3.76. The Balaban J connectivity index is 2.22. The van der Waals surface area contributed by atoms with Crippen LogP contribution < -0.4 is 10.5 Å². The maximum Gasteiger partial charge on any atom is 0.267 e. The van der Waals surface area contributed by atoms with Crippen LogP contribution in [0.3, 0.4) is 0 Å². The number of aromatic amines is 1. The van der Waals surface area contributed by atoms with Gasteiger partial charge in [-0.05, 0) is 17.7 Å². The van der Waals surface area contributed by atoms with Crippen LogP contribution in [0.2, 0.25) is 0 Å². The topological polar surface area (TPSA) is 125 Å². The second-order valence-electron chi connectivity index (χ2n) is 3.79. The molecule has 0 aliphatic carbocycles. The Bertz CT molecular complexity index is 712. The molecule has 1 aromatic heterocycles. The SMILES string of the molecule is N#CCc1ccc(NS(=O)(=O)c2cn[nH]c2N)cc1. The minimum atomic E-state index is -3.76. The Morgan fingerprint density at radius 3 is 2.58 bits per heavy atom. The fourth-order valence-electron chi connectivity index (χ4n) is 1.49. The fraction of sp³-hybridized carbons (Fsp3) is 0.0909. The molecule has 7 nitrogen and oxygen atoms in total. The molecule has 0 aliphatic heterocycles. The molecule has 4 N–H and O–H groups in total. The van der Waals surface area contributed by atoms with Crippen LogP contribution in [0, 0.1) is 11.3 Å². The highest BCUT2D eigenvalue weighted by Crippen LogP contribution is 2.19. The molecule has 1 aromatic carbocycles. The van der Waals surface area contributed by atoms with Gasteiger partial charge in [0.2, 0.25) is 0 Å². The molecule has 0 amide bonds. The van der Waals surface area contributed by atoms with Gasteiger partial charge in [0.15, 0.2) is 0 Å². The van der Waals surface area contributed by atoms with Crippen LogP contribution in [-0.2, 0) is 16.4 Å². The molecule has 0 bridgehead atoms. The van der Waals surface area contributed by atoms with Gasteiger partial charge in [-0.3, -0.25) is 9.82 Å². The molecule has 0 radical (unpaired) electrons. The Labute approximate surface area is 110 Å². The van der Waals surface area contributed by atoms with Crippen molar-refractivity contribution in [2.24, 2.45) is 0 Å². The number of hydrogen-bond acceptors (Lipinski definition) is 5. The monoisotopic (exact) mass is 277 g/mol. The van der Waals surface area contributed by atoms with Crippen LogP contribution in [0.1, 0.15) is 5.56 Å². The first-order chi connectivity index (χ1) is 9.03. The van der Waals surface area contributed by atoms with E-state index in [4.69, 9.17) is 11.0 Å². The van der Waals surface area contributed by atoms with E-state index in [9.17, 15) is 8.42 Å². The summed E-state index contributed by atoms with van der Waals surface area (Å²) in [6, 6.07) is 8.54. The fourth-order valence-corrected chi connectivity index (χ4v) is 2.57. The number of H-pyrrole nitrogens is 1. The van der Waals surface area contributed by atoms with Crippen LogP contribution in [-0.4, -0.2) is 18.6 Å². The Hall–Kier alpha value is -2.53. The summed E-state index contributed by atoms with van der Waals surface area (Å²) in [4.78, 5) is -0.103. The van der Waals surface area contributed by atoms with Crippen molar-refractivity contribution in [3.8, 4) is 6.07 Å². The van der Waals surface area contributed by atoms with E-state index in [1.165, 1.54) is 0 Å². The second-order valence-corrected chi connectivity index (χ2v) is 5.44. The zero-order valence-electron chi connectivity index (χ0n) is 9.79. The normalized spacial score (nSPS) is 10.9. The first kappa shape index (κ1) is 12.9. The molecule has 0 spiro atoms. The number of nitriles is 1. The van der Waals surface area contributed by atoms with Gasteiger partial charge in [0.25, 0.3) is 10.0 Å². The molecule has 0 saturated heterocycles. The summed E-state index contributed by atoms with van der Waals surface area (Å²) in [5.74, 6) is -0.0198. The van der Waals surface area contributed by atoms with Gasteiger partial charge in [-0.15, -0.1) is 0 Å². The average molecular weight is 277 g/mol. The number of rotatable bonds is 4. The van der Waals surface area contributed by atoms with Gasteiger partial charge in [0.1, 0.15) is 10.7 Å². The number of nitrogen functional groups attached to an aromatic ring is 1. The smallest absolute Gasteiger partial charge is 0.267 e. The van der Waals surface area contributed by atoms with E-state index >= 15 is 0 Å². The van der Waals surface area contributed by atoms with Gasteiger partial charge in [0, 0.05) is 5.69 Å². The molecule has 0 unspecified atom stereocenters. The minimum Gasteiger partial charge on any atom is -0.383 e. The van der Waals surface area contributed by atoms with Crippen molar-refractivity contribution >= 4 is 21.5 Å². The number of hydrogen-bond donors (Lipinski definition) is 3. The Kier molecular flexibility index (Phi) is 3.39. The predicted molar refractivity (Wildman–Crippen MR) is 69.6 cm³/mol. The lowest BCUT2D eigenvalue weighted by Gasteiger charge is -2.07. The number of benzene rings is 1. The lowest BCUT2D eigenvalue weighted by molar-refractivity contribution is 0.601. The zero-order chi connectivity index (χ0) is 13.9. The van der Waals surface area contributed by atoms with Crippen LogP contribution in [0.4, 0.5) is 11.5 Å². The number of nitrogens with two attached hydrogens (primary N) is 1. The number of nitrogens with one attached hydrogen (secondary N) is 2. The number of anilines is 2. The highest BCUT2D eigenvalue weighted by molar-refractivity contribution is 7.92. The van der Waals surface area contributed by atoms with Gasteiger partial charge in [-0.2, -0.15) is 10.4 Å². The largest absolute Gasteiger partial charge is 0.383 e. The summed E-state index contributed by atoms with van der Waals surface area (Å²) < 4.78 is 26.4. The maximum atomic E-state index is 12.0. The van der Waals surface area contributed by atoms with E-state index in [0.717, 1.165) is 11.8 Å². The average Bonchev–Trinajstić information content (AvgIpc) is 2.79. The van der Waals surface area contributed by atoms with Crippen molar-refractivity contribution in [2.75, 3.05) is 10.5 Å². The van der Waals surface area contributed by atoms with Crippen LogP contribution in [0.15, 0.2) is 35.4 Å². The molecule has 19 heavy (non-hydrogen) atoms. The quantitative estimate of drug-likeness (QED) is 0.764. The molecule has 98 valence electrons. The van der Waals surface area contributed by atoms with Crippen molar-refractivity contribution in [2.45, 2.75) is 11.3 Å². The van der Waals surface area contributed by atoms with Crippen LogP contribution in [0.5, 0.6) is 0 Å². The van der Waals surface area contributed by atoms with Crippen molar-refractivity contribution in [3.05, 3.63) is 36.0 Å². The first-order valence-corrected chi connectivity index (χ1v) is 6.79. The van der Waals surface area contributed by atoms with E-state index < -0.39 is 10.0 Å². The van der Waals surface area contributed by atoms with Crippen molar-refractivity contribution in [1.82, 2.24) is 10.2 Å². The lowest BCUT2D eigenvalue weighted by atomic mass is 10.1. The van der Waals surface area contributed by atoms with Crippen molar-refractivity contribution < 1.29 is 8.42 Å². The predicted octanol–water partition coefficient (Wildman–Crippen LogP) is 0.859. The minimum absolute atomic E-state index is 0.0198. The standard InChI is InChI=1S/C11H11N5O2S/c12-6-5-8-1-3-9(4-2-8)16-19(17,18)10-7-14-15-11(10)13/h1-4,7,16H,5H2,(H3,13,14,15). The van der Waals surface area contributed by atoms with Gasteiger partial charge >= 0.3 is 0 Å². The molecular formula is C11H11N5O2S. The third-order valence-corrected chi connectivity index (χ3v) is 3.82. The van der Waals surface area contributed by atoms with E-state index in [0.29, 0.717) is 5.69 Å². The van der Waals surface area contributed by atoms with Crippen molar-refractivity contribution in [1.29, 1.82) is 5.26 Å².